The number of rotatable bonds is 14. The van der Waals surface area contributed by atoms with E-state index in [-0.39, 0.29) is 12.0 Å². The van der Waals surface area contributed by atoms with Crippen LogP contribution in [-0.4, -0.2) is 57.3 Å². The third-order valence-electron chi connectivity index (χ3n) is 7.70. The van der Waals surface area contributed by atoms with Gasteiger partial charge in [-0.2, -0.15) is 0 Å². The van der Waals surface area contributed by atoms with Gasteiger partial charge >= 0.3 is 0 Å². The van der Waals surface area contributed by atoms with Crippen molar-refractivity contribution in [2.24, 2.45) is 17.8 Å². The van der Waals surface area contributed by atoms with Crippen LogP contribution in [0.2, 0.25) is 5.02 Å². The fourth-order valence-corrected chi connectivity index (χ4v) is 6.18. The van der Waals surface area contributed by atoms with Gasteiger partial charge in [0.1, 0.15) is 0 Å². The number of nitrogens with zero attached hydrogens (tertiary/aromatic N) is 1. The van der Waals surface area contributed by atoms with E-state index in [1.807, 2.05) is 32.2 Å². The van der Waals surface area contributed by atoms with Crippen molar-refractivity contribution in [1.29, 1.82) is 0 Å². The number of piperidine rings is 1. The number of carbonyl (C=O) groups is 1. The molecule has 0 bridgehead atoms. The Balaban J connectivity index is 1.61. The van der Waals surface area contributed by atoms with Gasteiger partial charge in [0.15, 0.2) is 0 Å². The summed E-state index contributed by atoms with van der Waals surface area (Å²) >= 11 is 6.33. The van der Waals surface area contributed by atoms with Gasteiger partial charge in [-0.1, -0.05) is 55.8 Å². The van der Waals surface area contributed by atoms with Crippen LogP contribution in [0.1, 0.15) is 82.8 Å². The van der Waals surface area contributed by atoms with Crippen molar-refractivity contribution in [1.82, 2.24) is 10.2 Å². The average Bonchev–Trinajstić information content (AvgIpc) is 2.87. The van der Waals surface area contributed by atoms with Crippen LogP contribution in [0.15, 0.2) is 24.3 Å². The predicted molar refractivity (Wildman–Crippen MR) is 144 cm³/mol. The molecule has 5 nitrogen and oxygen atoms in total. The van der Waals surface area contributed by atoms with E-state index in [0.717, 1.165) is 62.0 Å². The van der Waals surface area contributed by atoms with Crippen molar-refractivity contribution >= 4 is 17.5 Å². The fraction of sp³-hybridized carbons (Fsp3) is 0.759. The van der Waals surface area contributed by atoms with Crippen LogP contribution in [0.3, 0.4) is 0 Å². The normalized spacial score (nSPS) is 21.1. The van der Waals surface area contributed by atoms with Gasteiger partial charge in [-0.25, -0.2) is 0 Å². The number of benzene rings is 1. The SMILES string of the molecule is CCOCCCO[C@@H](c1cccc(Cl)c1)[C@@H]1CCCN(C(=O)C[C@H](CNC)CC2CCCCC2)C1. The minimum atomic E-state index is -0.0544. The van der Waals surface area contributed by atoms with Crippen molar-refractivity contribution < 1.29 is 14.3 Å². The first kappa shape index (κ1) is 28.4. The number of ether oxygens (including phenoxy) is 2. The molecule has 0 spiro atoms. The summed E-state index contributed by atoms with van der Waals surface area (Å²) in [6.45, 7) is 6.64. The van der Waals surface area contributed by atoms with E-state index in [4.69, 9.17) is 21.1 Å². The van der Waals surface area contributed by atoms with E-state index in [2.05, 4.69) is 16.3 Å². The lowest BCUT2D eigenvalue weighted by Crippen LogP contribution is -2.43. The van der Waals surface area contributed by atoms with Crippen LogP contribution in [0.5, 0.6) is 0 Å². The zero-order valence-electron chi connectivity index (χ0n) is 22.0. The number of nitrogens with one attached hydrogen (secondary N) is 1. The first-order valence-corrected chi connectivity index (χ1v) is 14.4. The molecule has 2 fully saturated rings. The standard InChI is InChI=1S/C29H47ClN2O3/c1-3-34-16-9-17-35-29(25-12-7-14-27(30)20-25)26-13-8-15-32(22-26)28(33)19-24(21-31-2)18-23-10-5-4-6-11-23/h7,12,14,20,23-24,26,29,31H,3-6,8-11,13,15-19,21-22H2,1-2H3/t24-,26-,29+/m1/s1. The molecule has 1 aliphatic heterocycles. The van der Waals surface area contributed by atoms with E-state index in [1.165, 1.54) is 38.5 Å². The molecule has 1 aliphatic carbocycles. The Bertz CT molecular complexity index is 740. The molecule has 35 heavy (non-hydrogen) atoms. The van der Waals surface area contributed by atoms with Crippen LogP contribution >= 0.6 is 11.6 Å². The van der Waals surface area contributed by atoms with Crippen molar-refractivity contribution in [2.45, 2.75) is 77.2 Å². The van der Waals surface area contributed by atoms with Gasteiger partial charge in [-0.05, 0) is 75.7 Å². The molecule has 1 heterocycles. The van der Waals surface area contributed by atoms with Gasteiger partial charge in [0.05, 0.1) is 6.10 Å². The Kier molecular flexibility index (Phi) is 12.9. The molecule has 2 aliphatic rings. The summed E-state index contributed by atoms with van der Waals surface area (Å²) in [6.07, 6.45) is 11.5. The summed E-state index contributed by atoms with van der Waals surface area (Å²) in [5, 5.41) is 4.07. The van der Waals surface area contributed by atoms with Crippen LogP contribution in [0, 0.1) is 17.8 Å². The summed E-state index contributed by atoms with van der Waals surface area (Å²) < 4.78 is 11.9. The van der Waals surface area contributed by atoms with Gasteiger partial charge in [-0.15, -0.1) is 0 Å². The van der Waals surface area contributed by atoms with Crippen molar-refractivity contribution in [3.05, 3.63) is 34.9 Å². The van der Waals surface area contributed by atoms with Crippen molar-refractivity contribution in [2.75, 3.05) is 46.5 Å². The zero-order chi connectivity index (χ0) is 24.9. The summed E-state index contributed by atoms with van der Waals surface area (Å²) in [6, 6.07) is 8.02. The van der Waals surface area contributed by atoms with Gasteiger partial charge < -0.3 is 19.7 Å². The molecule has 1 aromatic rings. The summed E-state index contributed by atoms with van der Waals surface area (Å²) in [5.74, 6) is 1.81. The molecule has 1 saturated carbocycles. The highest BCUT2D eigenvalue weighted by atomic mass is 35.5. The Labute approximate surface area is 218 Å². The Hall–Kier alpha value is -1.14. The topological polar surface area (TPSA) is 50.8 Å². The average molecular weight is 507 g/mol. The maximum absolute atomic E-state index is 13.4. The molecular weight excluding hydrogens is 460 g/mol. The summed E-state index contributed by atoms with van der Waals surface area (Å²) in [4.78, 5) is 15.5. The molecule has 1 saturated heterocycles. The summed E-state index contributed by atoms with van der Waals surface area (Å²) in [5.41, 5.74) is 1.11. The molecule has 0 aromatic heterocycles. The van der Waals surface area contributed by atoms with Gasteiger partial charge in [0, 0.05) is 50.3 Å². The Morgan fingerprint density at radius 1 is 1.17 bits per heavy atom. The quantitative estimate of drug-likeness (QED) is 0.302. The van der Waals surface area contributed by atoms with E-state index in [0.29, 0.717) is 31.5 Å². The third-order valence-corrected chi connectivity index (χ3v) is 7.93. The number of carbonyl (C=O) groups excluding carboxylic acids is 1. The number of hydrogen-bond acceptors (Lipinski definition) is 4. The number of hydrogen-bond donors (Lipinski definition) is 1. The van der Waals surface area contributed by atoms with Crippen LogP contribution in [-0.2, 0) is 14.3 Å². The maximum atomic E-state index is 13.4. The van der Waals surface area contributed by atoms with E-state index in [9.17, 15) is 4.79 Å². The third kappa shape index (κ3) is 9.68. The predicted octanol–water partition coefficient (Wildman–Crippen LogP) is 6.26. The van der Waals surface area contributed by atoms with E-state index < -0.39 is 0 Å². The summed E-state index contributed by atoms with van der Waals surface area (Å²) in [7, 11) is 2.01. The minimum absolute atomic E-state index is 0.0544. The van der Waals surface area contributed by atoms with Gasteiger partial charge in [0.25, 0.3) is 0 Å². The first-order chi connectivity index (χ1) is 17.1. The Morgan fingerprint density at radius 3 is 2.74 bits per heavy atom. The molecule has 1 aromatic carbocycles. The smallest absolute Gasteiger partial charge is 0.222 e. The van der Waals surface area contributed by atoms with Crippen molar-refractivity contribution in [3.63, 3.8) is 0 Å². The van der Waals surface area contributed by atoms with Crippen LogP contribution < -0.4 is 5.32 Å². The van der Waals surface area contributed by atoms with Crippen LogP contribution in [0.25, 0.3) is 0 Å². The lowest BCUT2D eigenvalue weighted by Gasteiger charge is -2.38. The molecule has 6 heteroatoms. The molecule has 1 N–H and O–H groups in total. The second-order valence-corrected chi connectivity index (χ2v) is 10.9. The molecule has 1 amide bonds. The highest BCUT2D eigenvalue weighted by molar-refractivity contribution is 6.30. The van der Waals surface area contributed by atoms with Gasteiger partial charge in [0.2, 0.25) is 5.91 Å². The minimum Gasteiger partial charge on any atom is -0.382 e. The molecular formula is C29H47ClN2O3. The van der Waals surface area contributed by atoms with E-state index in [1.54, 1.807) is 0 Å². The first-order valence-electron chi connectivity index (χ1n) is 14.0. The van der Waals surface area contributed by atoms with Gasteiger partial charge in [-0.3, -0.25) is 4.79 Å². The highest BCUT2D eigenvalue weighted by Crippen LogP contribution is 2.35. The zero-order valence-corrected chi connectivity index (χ0v) is 22.7. The molecule has 3 atom stereocenters. The number of likely N-dealkylation sites (tertiary alicyclic amines) is 1. The lowest BCUT2D eigenvalue weighted by molar-refractivity contribution is -0.135. The number of amides is 1. The van der Waals surface area contributed by atoms with Crippen LogP contribution in [0.4, 0.5) is 0 Å². The van der Waals surface area contributed by atoms with Crippen molar-refractivity contribution in [3.8, 4) is 0 Å². The molecule has 0 radical (unpaired) electrons. The highest BCUT2D eigenvalue weighted by Gasteiger charge is 2.32. The lowest BCUT2D eigenvalue weighted by atomic mass is 9.81. The monoisotopic (exact) mass is 506 g/mol. The second-order valence-electron chi connectivity index (χ2n) is 10.5. The number of halogens is 1. The fourth-order valence-electron chi connectivity index (χ4n) is 5.99. The van der Waals surface area contributed by atoms with E-state index >= 15 is 0 Å². The largest absolute Gasteiger partial charge is 0.382 e. The second kappa shape index (κ2) is 15.9. The Morgan fingerprint density at radius 2 is 2.00 bits per heavy atom. The molecule has 198 valence electrons. The molecule has 0 unspecified atom stereocenters. The maximum Gasteiger partial charge on any atom is 0.222 e. The molecule has 3 rings (SSSR count).